The maximum atomic E-state index is 5.99. The van der Waals surface area contributed by atoms with Crippen molar-refractivity contribution in [1.29, 1.82) is 0 Å². The predicted octanol–water partition coefficient (Wildman–Crippen LogP) is 3.70. The Morgan fingerprint density at radius 2 is 1.93 bits per heavy atom. The van der Waals surface area contributed by atoms with E-state index in [-0.39, 0.29) is 0 Å². The summed E-state index contributed by atoms with van der Waals surface area (Å²) in [5.41, 5.74) is 1.30. The quantitative estimate of drug-likeness (QED) is 0.795. The van der Waals surface area contributed by atoms with Crippen LogP contribution in [0.15, 0.2) is 22.7 Å². The minimum absolute atomic E-state index is 0.813. The van der Waals surface area contributed by atoms with Crippen LogP contribution < -0.4 is 0 Å². The third-order valence-electron chi connectivity index (χ3n) is 2.53. The Morgan fingerprint density at radius 3 is 2.57 bits per heavy atom. The van der Waals surface area contributed by atoms with Gasteiger partial charge in [-0.15, -0.1) is 0 Å². The fourth-order valence-electron chi connectivity index (χ4n) is 1.90. The van der Waals surface area contributed by atoms with E-state index in [1.54, 1.807) is 0 Å². The van der Waals surface area contributed by atoms with Gasteiger partial charge < -0.3 is 0 Å². The van der Waals surface area contributed by atoms with Crippen LogP contribution in [0.3, 0.4) is 0 Å². The molecule has 3 heteroatoms. The van der Waals surface area contributed by atoms with Crippen molar-refractivity contribution in [3.8, 4) is 0 Å². The van der Waals surface area contributed by atoms with Crippen molar-refractivity contribution < 1.29 is 0 Å². The molecule has 0 N–H and O–H groups in total. The molecule has 1 aromatic carbocycles. The first-order chi connectivity index (χ1) is 6.74. The molecule has 0 unspecified atom stereocenters. The third-order valence-corrected chi connectivity index (χ3v) is 3.20. The fourth-order valence-corrected chi connectivity index (χ4v) is 2.83. The summed E-state index contributed by atoms with van der Waals surface area (Å²) in [6.45, 7) is 3.48. The second-order valence-corrected chi connectivity index (χ2v) is 5.11. The number of hydrogen-bond donors (Lipinski definition) is 0. The van der Waals surface area contributed by atoms with Crippen LogP contribution in [0, 0.1) is 0 Å². The van der Waals surface area contributed by atoms with Gasteiger partial charge in [0.15, 0.2) is 0 Å². The Morgan fingerprint density at radius 1 is 1.21 bits per heavy atom. The molecule has 0 amide bonds. The minimum Gasteiger partial charge on any atom is -0.299 e. The van der Waals surface area contributed by atoms with Crippen LogP contribution in [-0.2, 0) is 6.54 Å². The maximum absolute atomic E-state index is 5.99. The molecule has 0 aliphatic carbocycles. The largest absolute Gasteiger partial charge is 0.299 e. The molecule has 14 heavy (non-hydrogen) atoms. The van der Waals surface area contributed by atoms with E-state index in [9.17, 15) is 0 Å². The number of hydrogen-bond acceptors (Lipinski definition) is 1. The highest BCUT2D eigenvalue weighted by Gasteiger charge is 2.11. The highest BCUT2D eigenvalue weighted by atomic mass is 79.9. The van der Waals surface area contributed by atoms with Crippen molar-refractivity contribution >= 4 is 27.5 Å². The van der Waals surface area contributed by atoms with Gasteiger partial charge in [-0.2, -0.15) is 0 Å². The molecule has 0 radical (unpaired) electrons. The van der Waals surface area contributed by atoms with Gasteiger partial charge in [-0.1, -0.05) is 27.5 Å². The summed E-state index contributed by atoms with van der Waals surface area (Å²) in [5, 5.41) is 0.813. The van der Waals surface area contributed by atoms with Crippen molar-refractivity contribution in [2.75, 3.05) is 13.1 Å². The van der Waals surface area contributed by atoms with Gasteiger partial charge in [-0.05, 0) is 49.7 Å². The van der Waals surface area contributed by atoms with E-state index in [1.165, 1.54) is 31.5 Å². The number of nitrogens with zero attached hydrogens (tertiary/aromatic N) is 1. The average Bonchev–Trinajstić information content (AvgIpc) is 2.54. The molecular formula is C11H13BrClN. The molecule has 0 bridgehead atoms. The maximum Gasteiger partial charge on any atom is 0.0420 e. The summed E-state index contributed by atoms with van der Waals surface area (Å²) >= 11 is 9.45. The van der Waals surface area contributed by atoms with Crippen molar-refractivity contribution in [3.63, 3.8) is 0 Å². The molecule has 0 spiro atoms. The second kappa shape index (κ2) is 4.65. The van der Waals surface area contributed by atoms with Gasteiger partial charge in [-0.25, -0.2) is 0 Å². The van der Waals surface area contributed by atoms with Gasteiger partial charge in [-0.3, -0.25) is 4.90 Å². The standard InChI is InChI=1S/C11H13BrClN/c12-10-5-9(6-11(13)7-10)8-14-3-1-2-4-14/h5-7H,1-4,8H2. The van der Waals surface area contributed by atoms with Crippen molar-refractivity contribution in [2.45, 2.75) is 19.4 Å². The molecular weight excluding hydrogens is 261 g/mol. The van der Waals surface area contributed by atoms with E-state index in [0.717, 1.165) is 16.0 Å². The smallest absolute Gasteiger partial charge is 0.0420 e. The summed E-state index contributed by atoms with van der Waals surface area (Å²) < 4.78 is 1.07. The normalized spacial score (nSPS) is 17.6. The highest BCUT2D eigenvalue weighted by Crippen LogP contribution is 2.21. The first-order valence-corrected chi connectivity index (χ1v) is 6.08. The Kier molecular flexibility index (Phi) is 3.47. The summed E-state index contributed by atoms with van der Waals surface area (Å²) in [6, 6.07) is 6.11. The van der Waals surface area contributed by atoms with Gasteiger partial charge in [0.25, 0.3) is 0 Å². The van der Waals surface area contributed by atoms with E-state index in [1.807, 2.05) is 12.1 Å². The van der Waals surface area contributed by atoms with E-state index >= 15 is 0 Å². The Bertz CT molecular complexity index is 301. The Hall–Kier alpha value is -0.0500. The molecule has 1 aliphatic rings. The Labute approximate surface area is 98.2 Å². The van der Waals surface area contributed by atoms with Crippen LogP contribution >= 0.6 is 27.5 Å². The van der Waals surface area contributed by atoms with E-state index < -0.39 is 0 Å². The van der Waals surface area contributed by atoms with Crippen molar-refractivity contribution in [2.24, 2.45) is 0 Å². The lowest BCUT2D eigenvalue weighted by molar-refractivity contribution is 0.331. The van der Waals surface area contributed by atoms with Crippen LogP contribution in [0.2, 0.25) is 5.02 Å². The fraction of sp³-hybridized carbons (Fsp3) is 0.455. The SMILES string of the molecule is Clc1cc(Br)cc(CN2CCCC2)c1. The third kappa shape index (κ3) is 2.72. The van der Waals surface area contributed by atoms with E-state index in [2.05, 4.69) is 26.9 Å². The molecule has 1 aromatic rings. The molecule has 1 aliphatic heterocycles. The monoisotopic (exact) mass is 273 g/mol. The van der Waals surface area contributed by atoms with Crippen molar-refractivity contribution in [3.05, 3.63) is 33.3 Å². The first kappa shape index (κ1) is 10.5. The summed E-state index contributed by atoms with van der Waals surface area (Å²) in [7, 11) is 0. The zero-order valence-electron chi connectivity index (χ0n) is 7.97. The molecule has 0 saturated carbocycles. The van der Waals surface area contributed by atoms with Gasteiger partial charge in [0.1, 0.15) is 0 Å². The summed E-state index contributed by atoms with van der Waals surface area (Å²) in [4.78, 5) is 2.47. The zero-order valence-corrected chi connectivity index (χ0v) is 10.3. The second-order valence-electron chi connectivity index (χ2n) is 3.76. The van der Waals surface area contributed by atoms with Gasteiger partial charge in [0.2, 0.25) is 0 Å². The molecule has 1 fully saturated rings. The minimum atomic E-state index is 0.813. The van der Waals surface area contributed by atoms with Gasteiger partial charge >= 0.3 is 0 Å². The van der Waals surface area contributed by atoms with Crippen LogP contribution in [0.25, 0.3) is 0 Å². The predicted molar refractivity (Wildman–Crippen MR) is 63.7 cm³/mol. The molecule has 2 rings (SSSR count). The number of benzene rings is 1. The molecule has 76 valence electrons. The zero-order chi connectivity index (χ0) is 9.97. The number of likely N-dealkylation sites (tertiary alicyclic amines) is 1. The van der Waals surface area contributed by atoms with Crippen LogP contribution in [-0.4, -0.2) is 18.0 Å². The lowest BCUT2D eigenvalue weighted by Crippen LogP contribution is -2.18. The highest BCUT2D eigenvalue weighted by molar-refractivity contribution is 9.10. The van der Waals surface area contributed by atoms with Crippen LogP contribution in [0.5, 0.6) is 0 Å². The molecule has 1 heterocycles. The first-order valence-electron chi connectivity index (χ1n) is 4.91. The molecule has 0 atom stereocenters. The summed E-state index contributed by atoms with van der Waals surface area (Å²) in [5.74, 6) is 0. The number of rotatable bonds is 2. The average molecular weight is 275 g/mol. The van der Waals surface area contributed by atoms with E-state index in [4.69, 9.17) is 11.6 Å². The molecule has 0 aromatic heterocycles. The lowest BCUT2D eigenvalue weighted by Gasteiger charge is -2.14. The summed E-state index contributed by atoms with van der Waals surface area (Å²) in [6.07, 6.45) is 2.67. The lowest BCUT2D eigenvalue weighted by atomic mass is 10.2. The van der Waals surface area contributed by atoms with Crippen molar-refractivity contribution in [1.82, 2.24) is 4.90 Å². The van der Waals surface area contributed by atoms with Gasteiger partial charge in [0.05, 0.1) is 0 Å². The number of halogens is 2. The topological polar surface area (TPSA) is 3.24 Å². The molecule has 1 saturated heterocycles. The van der Waals surface area contributed by atoms with E-state index in [0.29, 0.717) is 0 Å². The van der Waals surface area contributed by atoms with Gasteiger partial charge in [0, 0.05) is 16.0 Å². The van der Waals surface area contributed by atoms with Crippen LogP contribution in [0.1, 0.15) is 18.4 Å². The van der Waals surface area contributed by atoms with Crippen LogP contribution in [0.4, 0.5) is 0 Å². The molecule has 1 nitrogen and oxygen atoms in total. The Balaban J connectivity index is 2.07.